The van der Waals surface area contributed by atoms with Crippen molar-refractivity contribution in [2.45, 2.75) is 11.8 Å². The van der Waals surface area contributed by atoms with Crippen molar-refractivity contribution in [2.24, 2.45) is 0 Å². The molecule has 12 aromatic rings. The number of aromatic nitrogens is 5. The van der Waals surface area contributed by atoms with E-state index in [1.54, 1.807) is 0 Å². The molecule has 3 aliphatic carbocycles. The van der Waals surface area contributed by atoms with Crippen molar-refractivity contribution >= 4 is 21.9 Å². The molecule has 0 saturated carbocycles. The maximum absolute atomic E-state index is 6.23. The van der Waals surface area contributed by atoms with Crippen LogP contribution in [0, 0.1) is 0 Å². The van der Waals surface area contributed by atoms with Gasteiger partial charge in [0.2, 0.25) is 0 Å². The summed E-state index contributed by atoms with van der Waals surface area (Å²) in [6, 6.07) is 78.7. The summed E-state index contributed by atoms with van der Waals surface area (Å²) in [5.41, 5.74) is 19.6. The van der Waals surface area contributed by atoms with Crippen LogP contribution >= 0.6 is 0 Å². The molecule has 2 atom stereocenters. The summed E-state index contributed by atoms with van der Waals surface area (Å²) in [4.78, 5) is 25.7. The number of hydrogen-bond acceptors (Lipinski definition) is 6. The lowest BCUT2D eigenvalue weighted by molar-refractivity contribution is 0.669. The standard InChI is InChI=1S/C63H39N5O/c1-4-15-40(16-5-1)60-64-53(39-29-27-38(28-30-39)45-24-14-26-56-59(45)50-23-12-13-25-55(50)69-56)37-54(65-60)43-31-33-48-51(35-43)57-46-21-10-11-22-47(46)58(48)52-36-44(32-34-49(52)57)63-67-61(41-17-6-2-7-18-41)66-62(68-63)42-19-8-3-9-20-42/h1-37,57-58H. The van der Waals surface area contributed by atoms with E-state index in [2.05, 4.69) is 152 Å². The second-order valence-electron chi connectivity index (χ2n) is 17.9. The van der Waals surface area contributed by atoms with Crippen LogP contribution < -0.4 is 0 Å². The van der Waals surface area contributed by atoms with Crippen LogP contribution in [0.1, 0.15) is 45.2 Å². The average Bonchev–Trinajstić information content (AvgIpc) is 3.82. The normalized spacial score (nSPS) is 14.4. The van der Waals surface area contributed by atoms with Gasteiger partial charge in [-0.2, -0.15) is 0 Å². The summed E-state index contributed by atoms with van der Waals surface area (Å²) in [5.74, 6) is 2.73. The second-order valence-corrected chi connectivity index (χ2v) is 17.9. The third-order valence-electron chi connectivity index (χ3n) is 13.9. The largest absolute Gasteiger partial charge is 0.456 e. The van der Waals surface area contributed by atoms with E-state index in [0.717, 1.165) is 77.8 Å². The summed E-state index contributed by atoms with van der Waals surface area (Å²) in [6.45, 7) is 0. The monoisotopic (exact) mass is 881 g/mol. The van der Waals surface area contributed by atoms with Crippen LogP contribution in [-0.4, -0.2) is 24.9 Å². The van der Waals surface area contributed by atoms with Crippen molar-refractivity contribution in [3.63, 3.8) is 0 Å². The lowest BCUT2D eigenvalue weighted by atomic mass is 9.60. The predicted molar refractivity (Wildman–Crippen MR) is 276 cm³/mol. The zero-order valence-corrected chi connectivity index (χ0v) is 37.2. The molecule has 322 valence electrons. The maximum atomic E-state index is 6.23. The lowest BCUT2D eigenvalue weighted by Crippen LogP contribution is -2.27. The molecular formula is C63H39N5O. The van der Waals surface area contributed by atoms with Crippen LogP contribution in [-0.2, 0) is 0 Å². The molecule has 2 unspecified atom stereocenters. The Labute approximate surface area is 398 Å². The van der Waals surface area contributed by atoms with E-state index in [4.69, 9.17) is 29.3 Å². The molecule has 3 heterocycles. The average molecular weight is 882 g/mol. The first-order chi connectivity index (χ1) is 34.2. The van der Waals surface area contributed by atoms with Crippen molar-refractivity contribution in [3.05, 3.63) is 258 Å². The van der Waals surface area contributed by atoms with Crippen molar-refractivity contribution in [1.82, 2.24) is 24.9 Å². The van der Waals surface area contributed by atoms with Crippen molar-refractivity contribution in [2.75, 3.05) is 0 Å². The quantitative estimate of drug-likeness (QED) is 0.159. The third kappa shape index (κ3) is 6.52. The number of rotatable bonds is 7. The van der Waals surface area contributed by atoms with Crippen LogP contribution in [0.4, 0.5) is 0 Å². The first kappa shape index (κ1) is 39.1. The van der Waals surface area contributed by atoms with E-state index in [0.29, 0.717) is 23.3 Å². The minimum Gasteiger partial charge on any atom is -0.456 e. The summed E-state index contributed by atoms with van der Waals surface area (Å²) in [5, 5.41) is 2.24. The molecule has 0 amide bonds. The Morgan fingerprint density at radius 1 is 0.275 bits per heavy atom. The topological polar surface area (TPSA) is 77.6 Å². The van der Waals surface area contributed by atoms with E-state index in [1.807, 2.05) is 72.8 Å². The summed E-state index contributed by atoms with van der Waals surface area (Å²) in [6.07, 6.45) is 0. The summed E-state index contributed by atoms with van der Waals surface area (Å²) < 4.78 is 6.23. The molecule has 0 radical (unpaired) electrons. The second kappa shape index (κ2) is 15.8. The number of para-hydroxylation sites is 1. The van der Waals surface area contributed by atoms with Gasteiger partial charge in [-0.15, -0.1) is 0 Å². The molecule has 2 bridgehead atoms. The van der Waals surface area contributed by atoms with Gasteiger partial charge < -0.3 is 4.42 Å². The fraction of sp³-hybridized carbons (Fsp3) is 0.0317. The van der Waals surface area contributed by atoms with Gasteiger partial charge in [0.25, 0.3) is 0 Å². The molecule has 3 aromatic heterocycles. The number of benzene rings is 9. The highest BCUT2D eigenvalue weighted by molar-refractivity contribution is 6.12. The molecular weight excluding hydrogens is 843 g/mol. The molecule has 0 N–H and O–H groups in total. The van der Waals surface area contributed by atoms with E-state index >= 15 is 0 Å². The highest BCUT2D eigenvalue weighted by Gasteiger charge is 2.41. The molecule has 69 heavy (non-hydrogen) atoms. The number of nitrogens with zero attached hydrogens (tertiary/aromatic N) is 5. The zero-order chi connectivity index (χ0) is 45.4. The van der Waals surface area contributed by atoms with E-state index < -0.39 is 0 Å². The minimum atomic E-state index is 0.0412. The van der Waals surface area contributed by atoms with Crippen LogP contribution in [0.2, 0.25) is 0 Å². The highest BCUT2D eigenvalue weighted by atomic mass is 16.3. The Balaban J connectivity index is 0.866. The van der Waals surface area contributed by atoms with Crippen molar-refractivity contribution in [1.29, 1.82) is 0 Å². The van der Waals surface area contributed by atoms with Gasteiger partial charge >= 0.3 is 0 Å². The van der Waals surface area contributed by atoms with Gasteiger partial charge in [-0.3, -0.25) is 0 Å². The summed E-state index contributed by atoms with van der Waals surface area (Å²) in [7, 11) is 0. The number of furan rings is 1. The minimum absolute atomic E-state index is 0.0412. The van der Waals surface area contributed by atoms with Crippen molar-refractivity contribution in [3.8, 4) is 79.2 Å². The van der Waals surface area contributed by atoms with Gasteiger partial charge in [-0.25, -0.2) is 24.9 Å². The van der Waals surface area contributed by atoms with Crippen LogP contribution in [0.5, 0.6) is 0 Å². The molecule has 9 aromatic carbocycles. The zero-order valence-electron chi connectivity index (χ0n) is 37.2. The first-order valence-corrected chi connectivity index (χ1v) is 23.4. The first-order valence-electron chi connectivity index (χ1n) is 23.4. The number of fused-ring (bicyclic) bond motifs is 3. The van der Waals surface area contributed by atoms with Gasteiger partial charge in [0.15, 0.2) is 23.3 Å². The molecule has 6 nitrogen and oxygen atoms in total. The fourth-order valence-corrected chi connectivity index (χ4v) is 10.7. The molecule has 15 rings (SSSR count). The number of hydrogen-bond donors (Lipinski definition) is 0. The van der Waals surface area contributed by atoms with Gasteiger partial charge in [0, 0.05) is 56.0 Å². The van der Waals surface area contributed by atoms with E-state index in [1.165, 1.54) is 33.4 Å². The van der Waals surface area contributed by atoms with Gasteiger partial charge in [-0.05, 0) is 74.8 Å². The Bertz CT molecular complexity index is 3900. The van der Waals surface area contributed by atoms with Crippen LogP contribution in [0.15, 0.2) is 229 Å². The Hall–Kier alpha value is -9.13. The molecule has 3 aliphatic rings. The highest BCUT2D eigenvalue weighted by Crippen LogP contribution is 2.56. The molecule has 0 fully saturated rings. The molecule has 0 aliphatic heterocycles. The van der Waals surface area contributed by atoms with E-state index in [-0.39, 0.29) is 11.8 Å². The Kier molecular flexibility index (Phi) is 8.92. The summed E-state index contributed by atoms with van der Waals surface area (Å²) >= 11 is 0. The smallest absolute Gasteiger partial charge is 0.164 e. The van der Waals surface area contributed by atoms with Gasteiger partial charge in [0.1, 0.15) is 11.2 Å². The van der Waals surface area contributed by atoms with Crippen molar-refractivity contribution < 1.29 is 4.42 Å². The van der Waals surface area contributed by atoms with Gasteiger partial charge in [-0.1, -0.05) is 194 Å². The maximum Gasteiger partial charge on any atom is 0.164 e. The Morgan fingerprint density at radius 3 is 1.32 bits per heavy atom. The van der Waals surface area contributed by atoms with E-state index in [9.17, 15) is 0 Å². The molecule has 0 saturated heterocycles. The van der Waals surface area contributed by atoms with Crippen LogP contribution in [0.25, 0.3) is 101 Å². The molecule has 0 spiro atoms. The Morgan fingerprint density at radius 2 is 0.710 bits per heavy atom. The lowest BCUT2D eigenvalue weighted by Gasteiger charge is -2.42. The van der Waals surface area contributed by atoms with Gasteiger partial charge in [0.05, 0.1) is 11.4 Å². The molecule has 6 heteroatoms. The predicted octanol–water partition coefficient (Wildman–Crippen LogP) is 15.2. The third-order valence-corrected chi connectivity index (χ3v) is 13.9. The SMILES string of the molecule is c1ccc(-c2nc(-c3ccc(-c4cccc5oc6ccccc6c45)cc3)cc(-c3ccc4c(c3)C3c5ccccc5C4c4cc(-c5nc(-c6ccccc6)nc(-c6ccccc6)n5)ccc43)n2)cc1. The fourth-order valence-electron chi connectivity index (χ4n) is 10.7. The van der Waals surface area contributed by atoms with Crippen LogP contribution in [0.3, 0.4) is 0 Å².